The maximum atomic E-state index is 11.2. The number of allylic oxidation sites excluding steroid dienone is 4. The van der Waals surface area contributed by atoms with Crippen LogP contribution in [-0.2, 0) is 9.53 Å². The molecule has 16 heavy (non-hydrogen) atoms. The Balaban J connectivity index is 2.99. The summed E-state index contributed by atoms with van der Waals surface area (Å²) in [6.07, 6.45) is 9.25. The van der Waals surface area contributed by atoms with E-state index in [1.54, 1.807) is 30.4 Å². The van der Waals surface area contributed by atoms with E-state index in [4.69, 9.17) is 0 Å². The van der Waals surface area contributed by atoms with Crippen molar-refractivity contribution < 1.29 is 19.4 Å². The Morgan fingerprint density at radius 1 is 1.31 bits per heavy atom. The highest BCUT2D eigenvalue weighted by molar-refractivity contribution is 5.87. The minimum Gasteiger partial charge on any atom is -0.479 e. The molecule has 2 N–H and O–H groups in total. The summed E-state index contributed by atoms with van der Waals surface area (Å²) in [4.78, 5) is 22.3. The van der Waals surface area contributed by atoms with Crippen LogP contribution in [0.25, 0.3) is 0 Å². The molecule has 86 valence electrons. The third-order valence-corrected chi connectivity index (χ3v) is 2.18. The summed E-state index contributed by atoms with van der Waals surface area (Å²) in [6.45, 7) is 0. The average molecular weight is 223 g/mol. The zero-order valence-corrected chi connectivity index (χ0v) is 8.84. The van der Waals surface area contributed by atoms with Crippen molar-refractivity contribution in [3.8, 4) is 0 Å². The molecule has 0 aliphatic heterocycles. The molecule has 1 unspecified atom stereocenters. The first-order chi connectivity index (χ1) is 7.60. The fourth-order valence-corrected chi connectivity index (χ4v) is 1.29. The van der Waals surface area contributed by atoms with Crippen molar-refractivity contribution in [1.29, 1.82) is 0 Å². The van der Waals surface area contributed by atoms with Crippen LogP contribution in [0.3, 0.4) is 0 Å². The maximum absolute atomic E-state index is 11.2. The summed E-state index contributed by atoms with van der Waals surface area (Å²) < 4.78 is 4.41. The molecule has 5 nitrogen and oxygen atoms in total. The predicted octanol–water partition coefficient (Wildman–Crippen LogP) is 1.24. The van der Waals surface area contributed by atoms with Gasteiger partial charge in [0.1, 0.15) is 0 Å². The van der Waals surface area contributed by atoms with Crippen molar-refractivity contribution in [2.24, 2.45) is 0 Å². The van der Waals surface area contributed by atoms with Crippen LogP contribution in [0, 0.1) is 0 Å². The van der Waals surface area contributed by atoms with Gasteiger partial charge in [-0.05, 0) is 6.08 Å². The highest BCUT2D eigenvalue weighted by Crippen LogP contribution is 2.16. The van der Waals surface area contributed by atoms with Crippen molar-refractivity contribution in [3.05, 3.63) is 36.5 Å². The summed E-state index contributed by atoms with van der Waals surface area (Å²) in [5.74, 6) is -1.13. The monoisotopic (exact) mass is 223 g/mol. The first-order valence-corrected chi connectivity index (χ1v) is 4.71. The van der Waals surface area contributed by atoms with E-state index < -0.39 is 17.6 Å². The Labute approximate surface area is 93.1 Å². The maximum Gasteiger partial charge on any atom is 0.408 e. The molecule has 0 aromatic rings. The third-order valence-electron chi connectivity index (χ3n) is 2.18. The molecule has 0 aromatic carbocycles. The molecular weight excluding hydrogens is 210 g/mol. The molecule has 1 aliphatic carbocycles. The van der Waals surface area contributed by atoms with Gasteiger partial charge in [-0.25, -0.2) is 9.59 Å². The van der Waals surface area contributed by atoms with Crippen LogP contribution in [0.15, 0.2) is 36.5 Å². The van der Waals surface area contributed by atoms with Gasteiger partial charge in [0.2, 0.25) is 0 Å². The van der Waals surface area contributed by atoms with Crippen molar-refractivity contribution >= 4 is 12.1 Å². The number of rotatable bonds is 2. The number of nitrogens with one attached hydrogen (secondary N) is 1. The van der Waals surface area contributed by atoms with Gasteiger partial charge in [-0.3, -0.25) is 0 Å². The number of ether oxygens (including phenoxy) is 1. The Kier molecular flexibility index (Phi) is 3.88. The Bertz CT molecular complexity index is 370. The van der Waals surface area contributed by atoms with Gasteiger partial charge in [0.25, 0.3) is 0 Å². The SMILES string of the molecule is COC(=O)NC1(C(=O)O)C=CC=CC=CC1. The molecule has 0 heterocycles. The lowest BCUT2D eigenvalue weighted by atomic mass is 9.93. The number of carboxylic acids is 1. The number of carbonyl (C=O) groups is 2. The van der Waals surface area contributed by atoms with Crippen LogP contribution in [0.5, 0.6) is 0 Å². The molecule has 0 saturated heterocycles. The van der Waals surface area contributed by atoms with E-state index in [0.29, 0.717) is 0 Å². The molecule has 0 fully saturated rings. The smallest absolute Gasteiger partial charge is 0.408 e. The summed E-state index contributed by atoms with van der Waals surface area (Å²) in [7, 11) is 1.19. The van der Waals surface area contributed by atoms with Crippen LogP contribution in [0.2, 0.25) is 0 Å². The Hall–Kier alpha value is -2.04. The minimum atomic E-state index is -1.45. The standard InChI is InChI=1S/C11H13NO4/c1-16-10(15)12-11(9(13)14)7-5-3-2-4-6-8-11/h2-7H,8H2,1H3,(H,12,15)(H,13,14). The number of alkyl carbamates (subject to hydrolysis) is 1. The van der Waals surface area contributed by atoms with Crippen LogP contribution >= 0.6 is 0 Å². The van der Waals surface area contributed by atoms with Gasteiger partial charge in [0, 0.05) is 6.42 Å². The lowest BCUT2D eigenvalue weighted by Crippen LogP contribution is -2.52. The number of hydrogen-bond acceptors (Lipinski definition) is 3. The zero-order valence-electron chi connectivity index (χ0n) is 8.84. The molecule has 0 spiro atoms. The lowest BCUT2D eigenvalue weighted by molar-refractivity contribution is -0.142. The molecule has 0 bridgehead atoms. The number of aliphatic carboxylic acids is 1. The number of methoxy groups -OCH3 is 1. The summed E-state index contributed by atoms with van der Waals surface area (Å²) >= 11 is 0. The van der Waals surface area contributed by atoms with Crippen molar-refractivity contribution in [2.45, 2.75) is 12.0 Å². The van der Waals surface area contributed by atoms with E-state index >= 15 is 0 Å². The molecule has 5 heteroatoms. The van der Waals surface area contributed by atoms with Gasteiger partial charge in [-0.2, -0.15) is 0 Å². The lowest BCUT2D eigenvalue weighted by Gasteiger charge is -2.25. The van der Waals surface area contributed by atoms with E-state index in [2.05, 4.69) is 10.1 Å². The average Bonchev–Trinajstić information content (AvgIpc) is 2.21. The van der Waals surface area contributed by atoms with Crippen molar-refractivity contribution in [3.63, 3.8) is 0 Å². The van der Waals surface area contributed by atoms with Crippen molar-refractivity contribution in [1.82, 2.24) is 5.32 Å². The first kappa shape index (κ1) is 12.0. The van der Waals surface area contributed by atoms with Gasteiger partial charge in [-0.1, -0.05) is 30.4 Å². The van der Waals surface area contributed by atoms with E-state index in [1.165, 1.54) is 13.2 Å². The van der Waals surface area contributed by atoms with Gasteiger partial charge >= 0.3 is 12.1 Å². The van der Waals surface area contributed by atoms with Crippen LogP contribution in [0.1, 0.15) is 6.42 Å². The molecule has 0 saturated carbocycles. The minimum absolute atomic E-state index is 0.165. The molecule has 1 aliphatic rings. The normalized spacial score (nSPS) is 23.3. The van der Waals surface area contributed by atoms with E-state index in [9.17, 15) is 14.7 Å². The quantitative estimate of drug-likeness (QED) is 0.738. The van der Waals surface area contributed by atoms with Gasteiger partial charge in [-0.15, -0.1) is 0 Å². The molecule has 1 atom stereocenters. The van der Waals surface area contributed by atoms with Crippen LogP contribution < -0.4 is 5.32 Å². The Morgan fingerprint density at radius 3 is 2.62 bits per heavy atom. The number of carboxylic acid groups (broad SMARTS) is 1. The summed E-state index contributed by atoms with van der Waals surface area (Å²) in [6, 6.07) is 0. The third kappa shape index (κ3) is 2.73. The van der Waals surface area contributed by atoms with Crippen molar-refractivity contribution in [2.75, 3.05) is 7.11 Å². The molecule has 0 aromatic heterocycles. The van der Waals surface area contributed by atoms with Gasteiger partial charge in [0.15, 0.2) is 5.54 Å². The highest BCUT2D eigenvalue weighted by atomic mass is 16.5. The van der Waals surface area contributed by atoms with E-state index in [0.717, 1.165) is 0 Å². The fraction of sp³-hybridized carbons (Fsp3) is 0.273. The number of hydrogen-bond donors (Lipinski definition) is 2. The summed E-state index contributed by atoms with van der Waals surface area (Å²) in [5.41, 5.74) is -1.45. The first-order valence-electron chi connectivity index (χ1n) is 4.71. The topological polar surface area (TPSA) is 75.6 Å². The molecule has 1 rings (SSSR count). The van der Waals surface area contributed by atoms with Gasteiger partial charge in [0.05, 0.1) is 7.11 Å². The molecule has 0 radical (unpaired) electrons. The fourth-order valence-electron chi connectivity index (χ4n) is 1.29. The van der Waals surface area contributed by atoms with Gasteiger partial charge < -0.3 is 15.2 Å². The second-order valence-corrected chi connectivity index (χ2v) is 3.27. The Morgan fingerprint density at radius 2 is 2.00 bits per heavy atom. The number of carbonyl (C=O) groups excluding carboxylic acids is 1. The largest absolute Gasteiger partial charge is 0.479 e. The van der Waals surface area contributed by atoms with E-state index in [1.807, 2.05) is 0 Å². The highest BCUT2D eigenvalue weighted by Gasteiger charge is 2.36. The van der Waals surface area contributed by atoms with Crippen LogP contribution in [0.4, 0.5) is 4.79 Å². The number of amides is 1. The van der Waals surface area contributed by atoms with E-state index in [-0.39, 0.29) is 6.42 Å². The zero-order chi connectivity index (χ0) is 12.0. The van der Waals surface area contributed by atoms with Crippen LogP contribution in [-0.4, -0.2) is 29.8 Å². The predicted molar refractivity (Wildman–Crippen MR) is 57.9 cm³/mol. The molecule has 1 amide bonds. The molecular formula is C11H13NO4. The summed E-state index contributed by atoms with van der Waals surface area (Å²) in [5, 5.41) is 11.5. The second-order valence-electron chi connectivity index (χ2n) is 3.27. The second kappa shape index (κ2) is 5.16.